The maximum Gasteiger partial charge on any atom is 0.295 e. The van der Waals surface area contributed by atoms with E-state index >= 15 is 0 Å². The van der Waals surface area contributed by atoms with Crippen molar-refractivity contribution in [1.29, 1.82) is 0 Å². The maximum absolute atomic E-state index is 13.1. The number of likely N-dealkylation sites (tertiary alicyclic amines) is 1. The number of hydrogen-bond acceptors (Lipinski definition) is 5. The third-order valence-corrected chi connectivity index (χ3v) is 5.75. The normalized spacial score (nSPS) is 17.8. The lowest BCUT2D eigenvalue weighted by molar-refractivity contribution is -0.140. The van der Waals surface area contributed by atoms with E-state index in [4.69, 9.17) is 21.1 Å². The van der Waals surface area contributed by atoms with Crippen LogP contribution in [0.25, 0.3) is 5.76 Å². The van der Waals surface area contributed by atoms with E-state index in [1.165, 1.54) is 4.90 Å². The summed E-state index contributed by atoms with van der Waals surface area (Å²) in [7, 11) is 1.58. The summed E-state index contributed by atoms with van der Waals surface area (Å²) >= 11 is 6.05. The molecule has 1 aliphatic heterocycles. The van der Waals surface area contributed by atoms with Crippen molar-refractivity contribution in [2.45, 2.75) is 33.2 Å². The number of methoxy groups -OCH3 is 1. The Morgan fingerprint density at radius 2 is 1.85 bits per heavy atom. The monoisotopic (exact) mass is 471 g/mol. The molecule has 3 rings (SSSR count). The largest absolute Gasteiger partial charge is 0.507 e. The second-order valence-corrected chi connectivity index (χ2v) is 9.01. The number of carbonyl (C=O) groups excluding carboxylic acids is 2. The van der Waals surface area contributed by atoms with E-state index in [1.54, 1.807) is 49.6 Å². The fraction of sp³-hybridized carbons (Fsp3) is 0.385. The van der Waals surface area contributed by atoms with E-state index in [9.17, 15) is 14.7 Å². The number of Topliss-reactive ketones (excluding diaryl/α,β-unsaturated/α-hetero) is 1. The Balaban J connectivity index is 2.04. The molecule has 0 radical (unpaired) electrons. The molecule has 1 aliphatic rings. The molecule has 176 valence electrons. The van der Waals surface area contributed by atoms with Crippen molar-refractivity contribution >= 4 is 29.1 Å². The van der Waals surface area contributed by atoms with Gasteiger partial charge in [-0.1, -0.05) is 37.6 Å². The Hall–Kier alpha value is -2.83. The summed E-state index contributed by atoms with van der Waals surface area (Å²) in [6.45, 7) is 7.37. The number of aliphatic hydroxyl groups is 1. The molecule has 1 unspecified atom stereocenters. The van der Waals surface area contributed by atoms with E-state index in [-0.39, 0.29) is 11.3 Å². The van der Waals surface area contributed by atoms with Gasteiger partial charge in [0.25, 0.3) is 11.7 Å². The first-order valence-corrected chi connectivity index (χ1v) is 11.4. The van der Waals surface area contributed by atoms with Gasteiger partial charge in [0.15, 0.2) is 0 Å². The van der Waals surface area contributed by atoms with Gasteiger partial charge in [-0.25, -0.2) is 0 Å². The van der Waals surface area contributed by atoms with Gasteiger partial charge in [0.2, 0.25) is 0 Å². The number of benzene rings is 2. The predicted octanol–water partition coefficient (Wildman–Crippen LogP) is 5.14. The molecular weight excluding hydrogens is 442 g/mol. The Morgan fingerprint density at radius 3 is 2.45 bits per heavy atom. The molecule has 1 N–H and O–H groups in total. The SMILES string of the molecule is COCCCN1C(=O)C(=O)C(=C(O)c2ccc(OCC(C)C)c(C)c2)C1c1ccc(Cl)cc1. The molecule has 0 aliphatic carbocycles. The Labute approximate surface area is 199 Å². The average Bonchev–Trinajstić information content (AvgIpc) is 3.03. The Bertz CT molecular complexity index is 1050. The molecule has 33 heavy (non-hydrogen) atoms. The van der Waals surface area contributed by atoms with Gasteiger partial charge >= 0.3 is 0 Å². The number of ketones is 1. The molecule has 1 amide bonds. The standard InChI is InChI=1S/C26H30ClNO5/c1-16(2)15-33-21-11-8-19(14-17(21)3)24(29)22-23(18-6-9-20(27)10-7-18)28(12-5-13-32-4)26(31)25(22)30/h6-11,14,16,23,29H,5,12-13,15H2,1-4H3. The summed E-state index contributed by atoms with van der Waals surface area (Å²) in [5, 5.41) is 11.8. The van der Waals surface area contributed by atoms with Gasteiger partial charge in [0.1, 0.15) is 11.5 Å². The number of hydrogen-bond donors (Lipinski definition) is 1. The van der Waals surface area contributed by atoms with Gasteiger partial charge in [-0.3, -0.25) is 9.59 Å². The van der Waals surface area contributed by atoms with E-state index in [1.807, 2.05) is 6.92 Å². The molecule has 0 spiro atoms. The lowest BCUT2D eigenvalue weighted by atomic mass is 9.94. The summed E-state index contributed by atoms with van der Waals surface area (Å²) in [4.78, 5) is 27.5. The third-order valence-electron chi connectivity index (χ3n) is 5.49. The fourth-order valence-electron chi connectivity index (χ4n) is 3.85. The van der Waals surface area contributed by atoms with Crippen molar-refractivity contribution in [2.75, 3.05) is 26.9 Å². The van der Waals surface area contributed by atoms with E-state index in [0.717, 1.165) is 11.3 Å². The van der Waals surface area contributed by atoms with Gasteiger partial charge in [-0.2, -0.15) is 0 Å². The summed E-state index contributed by atoms with van der Waals surface area (Å²) in [6.07, 6.45) is 0.564. The number of nitrogens with zero attached hydrogens (tertiary/aromatic N) is 1. The first kappa shape index (κ1) is 24.8. The van der Waals surface area contributed by atoms with Crippen LogP contribution in [0.4, 0.5) is 0 Å². The van der Waals surface area contributed by atoms with Gasteiger partial charge in [-0.15, -0.1) is 0 Å². The molecule has 0 aromatic heterocycles. The second kappa shape index (κ2) is 10.9. The third kappa shape index (κ3) is 5.57. The Morgan fingerprint density at radius 1 is 1.15 bits per heavy atom. The van der Waals surface area contributed by atoms with Crippen molar-refractivity contribution < 1.29 is 24.2 Å². The van der Waals surface area contributed by atoms with Crippen LogP contribution in [0.2, 0.25) is 5.02 Å². The van der Waals surface area contributed by atoms with Crippen LogP contribution in [0.15, 0.2) is 48.0 Å². The molecule has 1 atom stereocenters. The zero-order valence-corrected chi connectivity index (χ0v) is 20.2. The quantitative estimate of drug-likeness (QED) is 0.237. The summed E-state index contributed by atoms with van der Waals surface area (Å²) in [5.41, 5.74) is 2.05. The molecule has 2 aromatic carbocycles. The zero-order chi connectivity index (χ0) is 24.1. The smallest absolute Gasteiger partial charge is 0.295 e. The van der Waals surface area contributed by atoms with E-state index in [0.29, 0.717) is 48.2 Å². The zero-order valence-electron chi connectivity index (χ0n) is 19.4. The first-order valence-electron chi connectivity index (χ1n) is 11.0. The van der Waals surface area contributed by atoms with Gasteiger partial charge in [-0.05, 0) is 60.7 Å². The van der Waals surface area contributed by atoms with Crippen molar-refractivity contribution in [1.82, 2.24) is 4.90 Å². The Kier molecular flexibility index (Phi) is 8.16. The topological polar surface area (TPSA) is 76.1 Å². The van der Waals surface area contributed by atoms with E-state index in [2.05, 4.69) is 13.8 Å². The molecule has 1 fully saturated rings. The number of aliphatic hydroxyl groups excluding tert-OH is 1. The molecule has 0 saturated carbocycles. The number of aryl methyl sites for hydroxylation is 1. The highest BCUT2D eigenvalue weighted by molar-refractivity contribution is 6.46. The van der Waals surface area contributed by atoms with Gasteiger partial charge in [0.05, 0.1) is 18.2 Å². The average molecular weight is 472 g/mol. The van der Waals surface area contributed by atoms with Gasteiger partial charge in [0, 0.05) is 30.8 Å². The summed E-state index contributed by atoms with van der Waals surface area (Å²) in [5.74, 6) is -0.453. The van der Waals surface area contributed by atoms with Crippen molar-refractivity contribution in [2.24, 2.45) is 5.92 Å². The number of carbonyl (C=O) groups is 2. The maximum atomic E-state index is 13.1. The molecule has 0 bridgehead atoms. The number of ether oxygens (including phenoxy) is 2. The molecule has 6 nitrogen and oxygen atoms in total. The van der Waals surface area contributed by atoms with Crippen LogP contribution < -0.4 is 4.74 Å². The highest BCUT2D eigenvalue weighted by Gasteiger charge is 2.45. The minimum absolute atomic E-state index is 0.0648. The number of halogens is 1. The van der Waals surface area contributed by atoms with Crippen molar-refractivity contribution in [3.05, 3.63) is 69.8 Å². The molecule has 7 heteroatoms. The van der Waals surface area contributed by atoms with Crippen LogP contribution in [0.1, 0.15) is 43.0 Å². The van der Waals surface area contributed by atoms with Crippen LogP contribution in [-0.2, 0) is 14.3 Å². The van der Waals surface area contributed by atoms with E-state index < -0.39 is 17.7 Å². The highest BCUT2D eigenvalue weighted by atomic mass is 35.5. The summed E-state index contributed by atoms with van der Waals surface area (Å²) in [6, 6.07) is 11.5. The van der Waals surface area contributed by atoms with Crippen LogP contribution in [-0.4, -0.2) is 48.6 Å². The number of rotatable bonds is 9. The second-order valence-electron chi connectivity index (χ2n) is 8.58. The first-order chi connectivity index (χ1) is 15.7. The number of amides is 1. The fourth-order valence-corrected chi connectivity index (χ4v) is 3.98. The molecular formula is C26H30ClNO5. The molecule has 2 aromatic rings. The molecule has 1 saturated heterocycles. The highest BCUT2D eigenvalue weighted by Crippen LogP contribution is 2.40. The van der Waals surface area contributed by atoms with Crippen LogP contribution in [0.5, 0.6) is 5.75 Å². The summed E-state index contributed by atoms with van der Waals surface area (Å²) < 4.78 is 10.9. The van der Waals surface area contributed by atoms with Crippen LogP contribution in [0.3, 0.4) is 0 Å². The van der Waals surface area contributed by atoms with Crippen molar-refractivity contribution in [3.63, 3.8) is 0 Å². The lowest BCUT2D eigenvalue weighted by Crippen LogP contribution is -2.31. The lowest BCUT2D eigenvalue weighted by Gasteiger charge is -2.25. The van der Waals surface area contributed by atoms with Gasteiger partial charge < -0.3 is 19.5 Å². The minimum atomic E-state index is -0.712. The van der Waals surface area contributed by atoms with Crippen LogP contribution in [0, 0.1) is 12.8 Å². The molecule has 1 heterocycles. The van der Waals surface area contributed by atoms with Crippen LogP contribution >= 0.6 is 11.6 Å². The van der Waals surface area contributed by atoms with Crippen molar-refractivity contribution in [3.8, 4) is 5.75 Å². The predicted molar refractivity (Wildman–Crippen MR) is 128 cm³/mol. The minimum Gasteiger partial charge on any atom is -0.507 e.